The quantitative estimate of drug-likeness (QED) is 0.547. The van der Waals surface area contributed by atoms with Crippen LogP contribution >= 0.6 is 0 Å². The second-order valence-electron chi connectivity index (χ2n) is 10.6. The van der Waals surface area contributed by atoms with E-state index in [1.54, 1.807) is 0 Å². The minimum Gasteiger partial charge on any atom is -0.344 e. The first kappa shape index (κ1) is 24.1. The molecule has 2 fully saturated rings. The van der Waals surface area contributed by atoms with Gasteiger partial charge in [-0.2, -0.15) is 0 Å². The maximum atomic E-state index is 13.9. The van der Waals surface area contributed by atoms with Crippen LogP contribution in [-0.2, 0) is 19.4 Å². The van der Waals surface area contributed by atoms with E-state index in [4.69, 9.17) is 4.99 Å². The molecule has 1 saturated heterocycles. The molecule has 1 saturated carbocycles. The molecule has 0 bridgehead atoms. The smallest absolute Gasteiger partial charge is 0.254 e. The van der Waals surface area contributed by atoms with Crippen molar-refractivity contribution in [3.63, 3.8) is 0 Å². The van der Waals surface area contributed by atoms with Crippen molar-refractivity contribution in [2.45, 2.75) is 90.3 Å². The molecule has 2 aromatic carbocycles. The van der Waals surface area contributed by atoms with Crippen molar-refractivity contribution in [3.05, 3.63) is 64.2 Å². The van der Waals surface area contributed by atoms with Crippen LogP contribution in [0.1, 0.15) is 84.5 Å². The Bertz CT molecular complexity index is 1080. The van der Waals surface area contributed by atoms with E-state index in [1.807, 2.05) is 0 Å². The summed E-state index contributed by atoms with van der Waals surface area (Å²) in [5.41, 5.74) is 6.95. The van der Waals surface area contributed by atoms with Crippen LogP contribution in [0.3, 0.4) is 0 Å². The Kier molecular flexibility index (Phi) is 7.52. The van der Waals surface area contributed by atoms with Crippen molar-refractivity contribution in [1.82, 2.24) is 10.2 Å². The Morgan fingerprint density at radius 2 is 1.91 bits per heavy atom. The monoisotopic (exact) mass is 472 g/mol. The molecule has 2 aliphatic heterocycles. The molecule has 0 aromatic heterocycles. The topological polar surface area (TPSA) is 56.7 Å². The molecule has 5 heteroatoms. The largest absolute Gasteiger partial charge is 0.344 e. The molecule has 1 atom stereocenters. The number of fused-ring (bicyclic) bond motifs is 1. The van der Waals surface area contributed by atoms with Gasteiger partial charge in [-0.3, -0.25) is 9.79 Å². The van der Waals surface area contributed by atoms with Crippen molar-refractivity contribution in [1.29, 1.82) is 0 Å². The molecule has 5 rings (SSSR count). The van der Waals surface area contributed by atoms with Gasteiger partial charge in [0.15, 0.2) is 0 Å². The highest BCUT2D eigenvalue weighted by molar-refractivity contribution is 6.05. The summed E-state index contributed by atoms with van der Waals surface area (Å²) in [6.07, 6.45) is 10.2. The Hall–Kier alpha value is -2.66. The van der Waals surface area contributed by atoms with Gasteiger partial charge in [-0.25, -0.2) is 0 Å². The van der Waals surface area contributed by atoms with Crippen molar-refractivity contribution in [2.75, 3.05) is 18.4 Å². The summed E-state index contributed by atoms with van der Waals surface area (Å²) in [5.74, 6) is 1.20. The number of hydrogen-bond acceptors (Lipinski definition) is 3. The van der Waals surface area contributed by atoms with Gasteiger partial charge in [0.05, 0.1) is 6.54 Å². The molecule has 3 aliphatic rings. The van der Waals surface area contributed by atoms with E-state index in [2.05, 4.69) is 65.8 Å². The summed E-state index contributed by atoms with van der Waals surface area (Å²) >= 11 is 0. The lowest BCUT2D eigenvalue weighted by atomic mass is 9.97. The normalized spacial score (nSPS) is 21.2. The highest BCUT2D eigenvalue weighted by atomic mass is 16.2. The zero-order valence-electron chi connectivity index (χ0n) is 21.4. The second-order valence-corrected chi connectivity index (χ2v) is 10.6. The number of rotatable bonds is 7. The van der Waals surface area contributed by atoms with E-state index < -0.39 is 0 Å². The van der Waals surface area contributed by atoms with Crippen LogP contribution in [-0.4, -0.2) is 41.8 Å². The average molecular weight is 473 g/mol. The number of anilines is 1. The zero-order chi connectivity index (χ0) is 24.2. The molecule has 2 N–H and O–H groups in total. The van der Waals surface area contributed by atoms with Gasteiger partial charge in [-0.1, -0.05) is 56.0 Å². The van der Waals surface area contributed by atoms with Crippen LogP contribution in [0.4, 0.5) is 5.69 Å². The fourth-order valence-electron chi connectivity index (χ4n) is 6.05. The molecule has 1 aliphatic carbocycles. The molecular formula is C30H40N4O. The number of amides is 1. The fourth-order valence-corrected chi connectivity index (χ4v) is 6.05. The lowest BCUT2D eigenvalue weighted by Gasteiger charge is -2.35. The molecule has 1 amide bonds. The first-order valence-corrected chi connectivity index (χ1v) is 13.7. The number of carbonyl (C=O) groups excluding carboxylic acids is 1. The second kappa shape index (κ2) is 10.9. The van der Waals surface area contributed by atoms with Gasteiger partial charge in [-0.15, -0.1) is 0 Å². The lowest BCUT2D eigenvalue weighted by molar-refractivity contribution is 0.0650. The van der Waals surface area contributed by atoms with E-state index >= 15 is 0 Å². The molecule has 1 unspecified atom stereocenters. The Morgan fingerprint density at radius 3 is 2.66 bits per heavy atom. The van der Waals surface area contributed by atoms with Gasteiger partial charge in [0.2, 0.25) is 0 Å². The molecule has 35 heavy (non-hydrogen) atoms. The molecule has 5 nitrogen and oxygen atoms in total. The van der Waals surface area contributed by atoms with Crippen molar-refractivity contribution in [2.24, 2.45) is 4.99 Å². The standard InChI is InChI=1S/C30H40N4O/c1-3-23-16-24(30(35)34(26-12-4-5-13-26)20-25-11-6-7-14-31-25)17-28-27(23)18-29(33-28)32-19-22-10-8-9-21(2)15-22/h8-10,15-17,25-26,31H,3-7,11-14,18-20H2,1-2H3,(H,32,33). The third kappa shape index (κ3) is 5.61. The maximum Gasteiger partial charge on any atom is 0.254 e. The summed E-state index contributed by atoms with van der Waals surface area (Å²) < 4.78 is 0. The summed E-state index contributed by atoms with van der Waals surface area (Å²) in [6, 6.07) is 13.6. The Labute approximate surface area is 210 Å². The number of hydrogen-bond donors (Lipinski definition) is 2. The zero-order valence-corrected chi connectivity index (χ0v) is 21.4. The number of nitrogens with one attached hydrogen (secondary N) is 2. The summed E-state index contributed by atoms with van der Waals surface area (Å²) in [7, 11) is 0. The van der Waals surface area contributed by atoms with E-state index in [9.17, 15) is 4.79 Å². The number of amidine groups is 1. The summed E-state index contributed by atoms with van der Waals surface area (Å²) in [5, 5.41) is 7.20. The molecule has 0 spiro atoms. The molecule has 2 aromatic rings. The van der Waals surface area contributed by atoms with Gasteiger partial charge in [-0.05, 0) is 74.4 Å². The first-order valence-electron chi connectivity index (χ1n) is 13.7. The van der Waals surface area contributed by atoms with E-state index in [-0.39, 0.29) is 5.91 Å². The van der Waals surface area contributed by atoms with Crippen molar-refractivity contribution < 1.29 is 4.79 Å². The number of carbonyl (C=O) groups is 1. The maximum absolute atomic E-state index is 13.9. The fraction of sp³-hybridized carbons (Fsp3) is 0.533. The highest BCUT2D eigenvalue weighted by Crippen LogP contribution is 2.32. The van der Waals surface area contributed by atoms with Gasteiger partial charge in [0.25, 0.3) is 5.91 Å². The van der Waals surface area contributed by atoms with E-state index in [1.165, 1.54) is 54.4 Å². The predicted molar refractivity (Wildman–Crippen MR) is 144 cm³/mol. The van der Waals surface area contributed by atoms with Crippen molar-refractivity contribution >= 4 is 17.4 Å². The molecular weight excluding hydrogens is 432 g/mol. The van der Waals surface area contributed by atoms with Gasteiger partial charge in [0, 0.05) is 36.3 Å². The van der Waals surface area contributed by atoms with Crippen LogP contribution in [0, 0.1) is 6.92 Å². The Balaban J connectivity index is 1.36. The van der Waals surface area contributed by atoms with Gasteiger partial charge in [0.1, 0.15) is 5.84 Å². The average Bonchev–Trinajstić information content (AvgIpc) is 3.56. The highest BCUT2D eigenvalue weighted by Gasteiger charge is 2.31. The van der Waals surface area contributed by atoms with Crippen molar-refractivity contribution in [3.8, 4) is 0 Å². The summed E-state index contributed by atoms with van der Waals surface area (Å²) in [4.78, 5) is 21.0. The van der Waals surface area contributed by atoms with Crippen LogP contribution in [0.25, 0.3) is 0 Å². The van der Waals surface area contributed by atoms with Crippen LogP contribution in [0.2, 0.25) is 0 Å². The number of piperidine rings is 1. The number of benzene rings is 2. The summed E-state index contributed by atoms with van der Waals surface area (Å²) in [6.45, 7) is 6.89. The Morgan fingerprint density at radius 1 is 1.09 bits per heavy atom. The van der Waals surface area contributed by atoms with E-state index in [0.29, 0.717) is 18.6 Å². The first-order chi connectivity index (χ1) is 17.1. The van der Waals surface area contributed by atoms with Gasteiger partial charge >= 0.3 is 0 Å². The van der Waals surface area contributed by atoms with Gasteiger partial charge < -0.3 is 15.5 Å². The lowest BCUT2D eigenvalue weighted by Crippen LogP contribution is -2.49. The number of aryl methyl sites for hydroxylation is 2. The predicted octanol–water partition coefficient (Wildman–Crippen LogP) is 5.65. The third-order valence-electron chi connectivity index (χ3n) is 7.98. The van der Waals surface area contributed by atoms with E-state index in [0.717, 1.165) is 55.9 Å². The van der Waals surface area contributed by atoms with Crippen LogP contribution in [0.15, 0.2) is 41.4 Å². The number of nitrogens with zero attached hydrogens (tertiary/aromatic N) is 2. The molecule has 186 valence electrons. The third-order valence-corrected chi connectivity index (χ3v) is 7.98. The minimum atomic E-state index is 0.203. The minimum absolute atomic E-state index is 0.203. The molecule has 0 radical (unpaired) electrons. The SMILES string of the molecule is CCc1cc(C(=O)N(CC2CCCCN2)C2CCCC2)cc2c1CC(=NCc1cccc(C)c1)N2. The molecule has 2 heterocycles. The van der Waals surface area contributed by atoms with Crippen LogP contribution < -0.4 is 10.6 Å². The number of aliphatic imine (C=N–C) groups is 1. The van der Waals surface area contributed by atoms with Crippen LogP contribution in [0.5, 0.6) is 0 Å².